The van der Waals surface area contributed by atoms with Gasteiger partial charge >= 0.3 is 0 Å². The van der Waals surface area contributed by atoms with Gasteiger partial charge in [-0.15, -0.1) is 0 Å². The zero-order valence-corrected chi connectivity index (χ0v) is 15.6. The fourth-order valence-corrected chi connectivity index (χ4v) is 3.13. The first-order chi connectivity index (χ1) is 11.5. The number of hydrogen-bond acceptors (Lipinski definition) is 3. The SMILES string of the molecule is CC(C)n1ncc2cc(C(=O)NCc3ccc(Br)cc3Cl)cnc21. The summed E-state index contributed by atoms with van der Waals surface area (Å²) in [5.41, 5.74) is 2.13. The molecule has 0 saturated heterocycles. The minimum atomic E-state index is -0.194. The van der Waals surface area contributed by atoms with E-state index in [1.54, 1.807) is 24.5 Å². The maximum Gasteiger partial charge on any atom is 0.253 e. The molecule has 2 heterocycles. The molecule has 3 aromatic rings. The Kier molecular flexibility index (Phi) is 4.87. The molecule has 5 nitrogen and oxygen atoms in total. The highest BCUT2D eigenvalue weighted by Crippen LogP contribution is 2.21. The summed E-state index contributed by atoms with van der Waals surface area (Å²) in [4.78, 5) is 16.7. The third kappa shape index (κ3) is 3.44. The number of nitrogens with zero attached hydrogens (tertiary/aromatic N) is 3. The minimum Gasteiger partial charge on any atom is -0.348 e. The van der Waals surface area contributed by atoms with Crippen LogP contribution in [0.4, 0.5) is 0 Å². The van der Waals surface area contributed by atoms with E-state index in [1.807, 2.05) is 30.7 Å². The van der Waals surface area contributed by atoms with Crippen molar-refractivity contribution >= 4 is 44.5 Å². The van der Waals surface area contributed by atoms with Gasteiger partial charge in [-0.25, -0.2) is 9.67 Å². The van der Waals surface area contributed by atoms with Crippen LogP contribution in [0.1, 0.15) is 35.8 Å². The molecular formula is C17H16BrClN4O. The molecule has 1 N–H and O–H groups in total. The Morgan fingerprint density at radius 3 is 2.83 bits per heavy atom. The van der Waals surface area contributed by atoms with Crippen LogP contribution in [0.5, 0.6) is 0 Å². The Labute approximate surface area is 153 Å². The highest BCUT2D eigenvalue weighted by Gasteiger charge is 2.12. The molecule has 0 aliphatic rings. The maximum absolute atomic E-state index is 12.3. The lowest BCUT2D eigenvalue weighted by molar-refractivity contribution is 0.0950. The number of benzene rings is 1. The van der Waals surface area contributed by atoms with Crippen molar-refractivity contribution in [2.75, 3.05) is 0 Å². The molecule has 0 spiro atoms. The summed E-state index contributed by atoms with van der Waals surface area (Å²) in [7, 11) is 0. The van der Waals surface area contributed by atoms with E-state index in [2.05, 4.69) is 31.3 Å². The molecule has 0 fully saturated rings. The number of nitrogens with one attached hydrogen (secondary N) is 1. The predicted octanol–water partition coefficient (Wildman–Crippen LogP) is 4.36. The van der Waals surface area contributed by atoms with Crippen molar-refractivity contribution in [2.24, 2.45) is 0 Å². The summed E-state index contributed by atoms with van der Waals surface area (Å²) in [6.45, 7) is 4.43. The first kappa shape index (κ1) is 16.9. The fourth-order valence-electron chi connectivity index (χ4n) is 2.38. The van der Waals surface area contributed by atoms with Crippen LogP contribution in [0, 0.1) is 0 Å². The quantitative estimate of drug-likeness (QED) is 0.699. The molecule has 124 valence electrons. The second kappa shape index (κ2) is 6.91. The van der Waals surface area contributed by atoms with Crippen LogP contribution in [-0.4, -0.2) is 20.7 Å². The highest BCUT2D eigenvalue weighted by molar-refractivity contribution is 9.10. The molecule has 0 bridgehead atoms. The molecule has 1 aromatic carbocycles. The van der Waals surface area contributed by atoms with Gasteiger partial charge in [-0.1, -0.05) is 33.6 Å². The Morgan fingerprint density at radius 2 is 2.12 bits per heavy atom. The van der Waals surface area contributed by atoms with E-state index in [-0.39, 0.29) is 11.9 Å². The van der Waals surface area contributed by atoms with Gasteiger partial charge in [-0.3, -0.25) is 4.79 Å². The molecule has 0 atom stereocenters. The summed E-state index contributed by atoms with van der Waals surface area (Å²) in [6, 6.07) is 7.58. The summed E-state index contributed by atoms with van der Waals surface area (Å²) >= 11 is 9.52. The van der Waals surface area contributed by atoms with Crippen LogP contribution >= 0.6 is 27.5 Å². The number of aromatic nitrogens is 3. The van der Waals surface area contributed by atoms with Crippen molar-refractivity contribution in [3.8, 4) is 0 Å². The number of amides is 1. The Morgan fingerprint density at radius 1 is 1.33 bits per heavy atom. The van der Waals surface area contributed by atoms with Gasteiger partial charge < -0.3 is 5.32 Å². The average Bonchev–Trinajstić information content (AvgIpc) is 2.97. The molecular weight excluding hydrogens is 392 g/mol. The normalized spacial score (nSPS) is 11.2. The molecule has 24 heavy (non-hydrogen) atoms. The zero-order valence-electron chi connectivity index (χ0n) is 13.3. The molecule has 0 aliphatic carbocycles. The zero-order chi connectivity index (χ0) is 17.3. The van der Waals surface area contributed by atoms with E-state index < -0.39 is 0 Å². The summed E-state index contributed by atoms with van der Waals surface area (Å²) in [6.07, 6.45) is 3.30. The van der Waals surface area contributed by atoms with Gasteiger partial charge in [0, 0.05) is 33.7 Å². The number of rotatable bonds is 4. The summed E-state index contributed by atoms with van der Waals surface area (Å²) in [5.74, 6) is -0.194. The van der Waals surface area contributed by atoms with Gasteiger partial charge in [-0.05, 0) is 37.6 Å². The third-order valence-electron chi connectivity index (χ3n) is 3.64. The van der Waals surface area contributed by atoms with Gasteiger partial charge in [-0.2, -0.15) is 5.10 Å². The fraction of sp³-hybridized carbons (Fsp3) is 0.235. The topological polar surface area (TPSA) is 59.8 Å². The van der Waals surface area contributed by atoms with Crippen LogP contribution in [0.15, 0.2) is 41.1 Å². The van der Waals surface area contributed by atoms with Crippen LogP contribution in [0.3, 0.4) is 0 Å². The number of halogens is 2. The van der Waals surface area contributed by atoms with Crippen molar-refractivity contribution in [1.29, 1.82) is 0 Å². The second-order valence-corrected chi connectivity index (χ2v) is 7.06. The van der Waals surface area contributed by atoms with Crippen molar-refractivity contribution in [1.82, 2.24) is 20.1 Å². The minimum absolute atomic E-state index is 0.194. The maximum atomic E-state index is 12.3. The lowest BCUT2D eigenvalue weighted by Crippen LogP contribution is -2.23. The number of carbonyl (C=O) groups is 1. The van der Waals surface area contributed by atoms with Crippen LogP contribution in [-0.2, 0) is 6.54 Å². The van der Waals surface area contributed by atoms with E-state index in [4.69, 9.17) is 11.6 Å². The van der Waals surface area contributed by atoms with Gasteiger partial charge in [0.25, 0.3) is 5.91 Å². The van der Waals surface area contributed by atoms with E-state index in [9.17, 15) is 4.79 Å². The molecule has 1 amide bonds. The first-order valence-corrected chi connectivity index (χ1v) is 8.68. The predicted molar refractivity (Wildman–Crippen MR) is 98.2 cm³/mol. The summed E-state index contributed by atoms with van der Waals surface area (Å²) < 4.78 is 2.73. The number of hydrogen-bond donors (Lipinski definition) is 1. The molecule has 0 radical (unpaired) electrons. The molecule has 7 heteroatoms. The number of carbonyl (C=O) groups excluding carboxylic acids is 1. The lowest BCUT2D eigenvalue weighted by atomic mass is 10.2. The van der Waals surface area contributed by atoms with E-state index in [0.29, 0.717) is 17.1 Å². The van der Waals surface area contributed by atoms with Crippen LogP contribution in [0.2, 0.25) is 5.02 Å². The van der Waals surface area contributed by atoms with Gasteiger partial charge in [0.15, 0.2) is 5.65 Å². The van der Waals surface area contributed by atoms with Crippen molar-refractivity contribution < 1.29 is 4.79 Å². The third-order valence-corrected chi connectivity index (χ3v) is 4.48. The van der Waals surface area contributed by atoms with E-state index in [0.717, 1.165) is 21.1 Å². The van der Waals surface area contributed by atoms with Gasteiger partial charge in [0.1, 0.15) is 0 Å². The largest absolute Gasteiger partial charge is 0.348 e. The lowest BCUT2D eigenvalue weighted by Gasteiger charge is -2.08. The second-order valence-electron chi connectivity index (χ2n) is 5.74. The van der Waals surface area contributed by atoms with Gasteiger partial charge in [0.2, 0.25) is 0 Å². The standard InChI is InChI=1S/C17H16BrClN4O/c1-10(2)23-16-12(9-22-23)5-13(8-20-16)17(24)21-7-11-3-4-14(18)6-15(11)19/h3-6,8-10H,7H2,1-2H3,(H,21,24). The van der Waals surface area contributed by atoms with E-state index >= 15 is 0 Å². The smallest absolute Gasteiger partial charge is 0.253 e. The number of pyridine rings is 1. The number of fused-ring (bicyclic) bond motifs is 1. The molecule has 0 saturated carbocycles. The van der Waals surface area contributed by atoms with Crippen LogP contribution < -0.4 is 5.32 Å². The Bertz CT molecular complexity index is 907. The Balaban J connectivity index is 1.76. The Hall–Kier alpha value is -1.92. The highest BCUT2D eigenvalue weighted by atomic mass is 79.9. The first-order valence-electron chi connectivity index (χ1n) is 7.51. The monoisotopic (exact) mass is 406 g/mol. The molecule has 3 rings (SSSR count). The molecule has 0 unspecified atom stereocenters. The van der Waals surface area contributed by atoms with Crippen LogP contribution in [0.25, 0.3) is 11.0 Å². The van der Waals surface area contributed by atoms with Crippen molar-refractivity contribution in [3.63, 3.8) is 0 Å². The molecule has 2 aromatic heterocycles. The molecule has 0 aliphatic heterocycles. The van der Waals surface area contributed by atoms with Crippen molar-refractivity contribution in [2.45, 2.75) is 26.4 Å². The summed E-state index contributed by atoms with van der Waals surface area (Å²) in [5, 5.41) is 8.63. The van der Waals surface area contributed by atoms with E-state index in [1.165, 1.54) is 0 Å². The average molecular weight is 408 g/mol. The van der Waals surface area contributed by atoms with Crippen molar-refractivity contribution in [3.05, 3.63) is 57.3 Å². The van der Waals surface area contributed by atoms with Gasteiger partial charge in [0.05, 0.1) is 11.8 Å².